The van der Waals surface area contributed by atoms with Crippen LogP contribution in [0.25, 0.3) is 5.65 Å². The average Bonchev–Trinajstić information content (AvgIpc) is 3.62. The summed E-state index contributed by atoms with van der Waals surface area (Å²) in [6, 6.07) is 8.24. The highest BCUT2D eigenvalue weighted by Crippen LogP contribution is 2.43. The first kappa shape index (κ1) is 37.7. The Bertz CT molecular complexity index is 1800. The van der Waals surface area contributed by atoms with Crippen molar-refractivity contribution in [1.29, 1.82) is 0 Å². The van der Waals surface area contributed by atoms with Gasteiger partial charge in [-0.15, -0.1) is 0 Å². The standard InChI is InChI=1S/C39H53FN6O6/c1-9-51-36(48)31-21-45-34-32(17-28(35(45)41-31)16-27-10-12-29(40)13-11-27)46(24-39(34,7)8)33(47)22-43-18-25(2)44(37(49)52-38(4,5)6)20-30(43)19-42-14-15-50-23-26(42)3/h10-13,17,21,25-26,30H,9,14-16,18-20,22-24H2,1-8H3/t25-,26-,30+/m1/s1. The molecule has 3 aliphatic heterocycles. The molecular weight excluding hydrogens is 667 g/mol. The SMILES string of the molecule is CCOC(=O)c1cn2c3c(cc(Cc4ccc(F)cc4)c2n1)N(C(=O)CN1C[C@@H](C)N(C(=O)OC(C)(C)C)C[C@@H]1CN1CCOC[C@H]1C)CC3(C)C. The van der Waals surface area contributed by atoms with Crippen molar-refractivity contribution >= 4 is 29.3 Å². The fourth-order valence-corrected chi connectivity index (χ4v) is 7.72. The third-order valence-electron chi connectivity index (χ3n) is 10.2. The minimum absolute atomic E-state index is 0.0532. The Morgan fingerprint density at radius 2 is 1.79 bits per heavy atom. The van der Waals surface area contributed by atoms with Gasteiger partial charge in [0.15, 0.2) is 5.69 Å². The van der Waals surface area contributed by atoms with E-state index in [4.69, 9.17) is 19.2 Å². The Labute approximate surface area is 305 Å². The Morgan fingerprint density at radius 1 is 1.06 bits per heavy atom. The van der Waals surface area contributed by atoms with Crippen molar-refractivity contribution in [3.05, 3.63) is 64.9 Å². The number of carbonyl (C=O) groups is 3. The lowest BCUT2D eigenvalue weighted by Crippen LogP contribution is -2.64. The highest BCUT2D eigenvalue weighted by molar-refractivity contribution is 5.98. The summed E-state index contributed by atoms with van der Waals surface area (Å²) in [5.41, 5.74) is 2.99. The maximum absolute atomic E-state index is 14.6. The Kier molecular flexibility index (Phi) is 10.7. The number of nitrogens with zero attached hydrogens (tertiary/aromatic N) is 6. The number of amides is 2. The lowest BCUT2D eigenvalue weighted by atomic mass is 9.90. The van der Waals surface area contributed by atoms with Crippen LogP contribution in [0.5, 0.6) is 0 Å². The monoisotopic (exact) mass is 720 g/mol. The molecule has 3 atom stereocenters. The Balaban J connectivity index is 1.34. The van der Waals surface area contributed by atoms with Crippen LogP contribution in [0.15, 0.2) is 36.5 Å². The molecule has 2 fully saturated rings. The second-order valence-electron chi connectivity index (χ2n) is 16.1. The van der Waals surface area contributed by atoms with E-state index in [2.05, 4.69) is 30.6 Å². The quantitative estimate of drug-likeness (QED) is 0.301. The van der Waals surface area contributed by atoms with Gasteiger partial charge in [-0.3, -0.25) is 14.6 Å². The number of morpholine rings is 1. The van der Waals surface area contributed by atoms with Gasteiger partial charge in [-0.2, -0.15) is 0 Å². The predicted molar refractivity (Wildman–Crippen MR) is 195 cm³/mol. The molecule has 2 aromatic heterocycles. The summed E-state index contributed by atoms with van der Waals surface area (Å²) in [6.07, 6.45) is 1.78. The maximum atomic E-state index is 14.6. The molecule has 2 amide bonds. The van der Waals surface area contributed by atoms with Gasteiger partial charge in [0.05, 0.1) is 37.7 Å². The number of halogens is 1. The summed E-state index contributed by atoms with van der Waals surface area (Å²) in [4.78, 5) is 53.8. The zero-order chi connectivity index (χ0) is 37.5. The first-order chi connectivity index (χ1) is 24.5. The number of rotatable bonds is 8. The molecule has 12 nitrogen and oxygen atoms in total. The number of carbonyl (C=O) groups excluding carboxylic acids is 3. The number of imidazole rings is 1. The van der Waals surface area contributed by atoms with Gasteiger partial charge in [-0.05, 0) is 65.3 Å². The molecule has 6 rings (SSSR count). The van der Waals surface area contributed by atoms with Crippen molar-refractivity contribution in [2.45, 2.75) is 91.0 Å². The summed E-state index contributed by atoms with van der Waals surface area (Å²) in [5.74, 6) is -0.895. The highest BCUT2D eigenvalue weighted by Gasteiger charge is 2.44. The molecule has 0 aliphatic carbocycles. The molecule has 0 saturated carbocycles. The van der Waals surface area contributed by atoms with E-state index < -0.39 is 17.0 Å². The van der Waals surface area contributed by atoms with Crippen LogP contribution < -0.4 is 4.90 Å². The number of pyridine rings is 1. The number of anilines is 1. The Hall–Kier alpha value is -4.07. The predicted octanol–water partition coefficient (Wildman–Crippen LogP) is 4.90. The molecule has 1 aromatic carbocycles. The van der Waals surface area contributed by atoms with E-state index in [1.165, 1.54) is 12.1 Å². The molecule has 5 heterocycles. The van der Waals surface area contributed by atoms with Gasteiger partial charge >= 0.3 is 12.1 Å². The number of hydrogen-bond donors (Lipinski definition) is 0. The fraction of sp³-hybridized carbons (Fsp3) is 0.590. The number of esters is 1. The summed E-state index contributed by atoms with van der Waals surface area (Å²) >= 11 is 0. The van der Waals surface area contributed by atoms with Gasteiger partial charge in [0, 0.05) is 74.4 Å². The molecule has 282 valence electrons. The van der Waals surface area contributed by atoms with Crippen LogP contribution in [0.1, 0.15) is 82.7 Å². The van der Waals surface area contributed by atoms with Crippen LogP contribution >= 0.6 is 0 Å². The highest BCUT2D eigenvalue weighted by atomic mass is 19.1. The van der Waals surface area contributed by atoms with Gasteiger partial charge in [0.2, 0.25) is 5.91 Å². The summed E-state index contributed by atoms with van der Waals surface area (Å²) in [6.45, 7) is 20.2. The summed E-state index contributed by atoms with van der Waals surface area (Å²) in [5, 5.41) is 0. The van der Waals surface area contributed by atoms with Crippen LogP contribution in [-0.4, -0.2) is 125 Å². The molecule has 13 heteroatoms. The fourth-order valence-electron chi connectivity index (χ4n) is 7.72. The summed E-state index contributed by atoms with van der Waals surface area (Å²) in [7, 11) is 0. The van der Waals surface area contributed by atoms with Crippen LogP contribution in [0.4, 0.5) is 14.9 Å². The second kappa shape index (κ2) is 14.7. The van der Waals surface area contributed by atoms with E-state index >= 15 is 0 Å². The van der Waals surface area contributed by atoms with E-state index in [9.17, 15) is 18.8 Å². The summed E-state index contributed by atoms with van der Waals surface area (Å²) < 4.78 is 32.5. The maximum Gasteiger partial charge on any atom is 0.410 e. The topological polar surface area (TPSA) is 109 Å². The van der Waals surface area contributed by atoms with Crippen molar-refractivity contribution in [3.63, 3.8) is 0 Å². The molecular formula is C39H53FN6O6. The van der Waals surface area contributed by atoms with Gasteiger partial charge in [0.25, 0.3) is 0 Å². The number of piperazine rings is 1. The van der Waals surface area contributed by atoms with Crippen LogP contribution in [0.3, 0.4) is 0 Å². The largest absolute Gasteiger partial charge is 0.461 e. The van der Waals surface area contributed by atoms with Crippen molar-refractivity contribution in [2.75, 3.05) is 64.0 Å². The lowest BCUT2D eigenvalue weighted by molar-refractivity contribution is -0.121. The second-order valence-corrected chi connectivity index (χ2v) is 16.1. The third-order valence-corrected chi connectivity index (χ3v) is 10.2. The van der Waals surface area contributed by atoms with E-state index in [1.807, 2.05) is 43.1 Å². The van der Waals surface area contributed by atoms with Gasteiger partial charge in [-0.1, -0.05) is 26.0 Å². The molecule has 0 spiro atoms. The van der Waals surface area contributed by atoms with Crippen LogP contribution in [0.2, 0.25) is 0 Å². The van der Waals surface area contributed by atoms with Gasteiger partial charge in [0.1, 0.15) is 17.1 Å². The molecule has 3 aromatic rings. The number of benzene rings is 1. The number of ether oxygens (including phenoxy) is 3. The first-order valence-corrected chi connectivity index (χ1v) is 18.4. The first-order valence-electron chi connectivity index (χ1n) is 18.4. The van der Waals surface area contributed by atoms with E-state index in [0.29, 0.717) is 51.5 Å². The molecule has 2 saturated heterocycles. The minimum Gasteiger partial charge on any atom is -0.461 e. The van der Waals surface area contributed by atoms with E-state index in [-0.39, 0.29) is 54.8 Å². The van der Waals surface area contributed by atoms with Crippen LogP contribution in [0, 0.1) is 5.82 Å². The number of fused-ring (bicyclic) bond motifs is 3. The third kappa shape index (κ3) is 7.96. The molecule has 0 bridgehead atoms. The van der Waals surface area contributed by atoms with Crippen molar-refractivity contribution in [2.24, 2.45) is 0 Å². The zero-order valence-corrected chi connectivity index (χ0v) is 31.8. The van der Waals surface area contributed by atoms with E-state index in [0.717, 1.165) is 29.1 Å². The number of hydrogen-bond acceptors (Lipinski definition) is 9. The van der Waals surface area contributed by atoms with Crippen molar-refractivity contribution in [1.82, 2.24) is 24.1 Å². The van der Waals surface area contributed by atoms with E-state index in [1.54, 1.807) is 30.2 Å². The molecule has 3 aliphatic rings. The Morgan fingerprint density at radius 3 is 2.46 bits per heavy atom. The van der Waals surface area contributed by atoms with Gasteiger partial charge in [-0.25, -0.2) is 19.0 Å². The lowest BCUT2D eigenvalue weighted by Gasteiger charge is -2.47. The molecule has 52 heavy (non-hydrogen) atoms. The molecule has 0 radical (unpaired) electrons. The smallest absolute Gasteiger partial charge is 0.410 e. The minimum atomic E-state index is -0.624. The zero-order valence-electron chi connectivity index (χ0n) is 31.8. The number of aromatic nitrogens is 2. The van der Waals surface area contributed by atoms with Crippen LogP contribution in [-0.2, 0) is 30.8 Å². The molecule has 0 N–H and O–H groups in total. The van der Waals surface area contributed by atoms with Gasteiger partial charge < -0.3 is 28.4 Å². The van der Waals surface area contributed by atoms with Crippen molar-refractivity contribution in [3.8, 4) is 0 Å². The molecule has 0 unspecified atom stereocenters. The van der Waals surface area contributed by atoms with Crippen molar-refractivity contribution < 1.29 is 33.0 Å². The average molecular weight is 721 g/mol. The normalized spacial score (nSPS) is 22.4.